The number of benzene rings is 2. The maximum atomic E-state index is 12.3. The fourth-order valence-corrected chi connectivity index (χ4v) is 3.05. The molecule has 7 heteroatoms. The molecule has 2 N–H and O–H groups in total. The third-order valence-electron chi connectivity index (χ3n) is 3.54. The van der Waals surface area contributed by atoms with E-state index >= 15 is 0 Å². The normalized spacial score (nSPS) is 14.0. The summed E-state index contributed by atoms with van der Waals surface area (Å²) in [4.78, 5) is 36.7. The van der Waals surface area contributed by atoms with Crippen molar-refractivity contribution >= 4 is 40.9 Å². The Labute approximate surface area is 148 Å². The molecule has 6 nitrogen and oxygen atoms in total. The molecule has 0 saturated heterocycles. The van der Waals surface area contributed by atoms with E-state index in [1.165, 1.54) is 18.7 Å². The molecule has 0 fully saturated rings. The average molecular weight is 356 g/mol. The molecule has 3 rings (SSSR count). The zero-order valence-corrected chi connectivity index (χ0v) is 14.3. The summed E-state index contributed by atoms with van der Waals surface area (Å²) in [6.45, 7) is 1.51. The number of nitrogens with one attached hydrogen (secondary N) is 2. The minimum Gasteiger partial charge on any atom is -0.449 e. The third kappa shape index (κ3) is 4.19. The summed E-state index contributed by atoms with van der Waals surface area (Å²) in [6, 6.07) is 13.9. The molecule has 0 radical (unpaired) electrons. The number of amides is 2. The van der Waals surface area contributed by atoms with Crippen LogP contribution in [0.25, 0.3) is 0 Å². The zero-order chi connectivity index (χ0) is 17.8. The molecule has 2 aromatic rings. The van der Waals surface area contributed by atoms with Gasteiger partial charge >= 0.3 is 5.97 Å². The number of thioether (sulfide) groups is 1. The zero-order valence-electron chi connectivity index (χ0n) is 13.4. The number of rotatable bonds is 4. The van der Waals surface area contributed by atoms with Gasteiger partial charge in [-0.15, -0.1) is 11.8 Å². The second kappa shape index (κ2) is 7.40. The Bertz CT molecular complexity index is 823. The molecular formula is C18H16N2O4S. The molecule has 128 valence electrons. The highest BCUT2D eigenvalue weighted by Crippen LogP contribution is 2.32. The first-order valence-corrected chi connectivity index (χ1v) is 8.65. The molecule has 1 atom stereocenters. The summed E-state index contributed by atoms with van der Waals surface area (Å²) in [7, 11) is 0. The molecule has 0 saturated carbocycles. The van der Waals surface area contributed by atoms with Gasteiger partial charge in [0.1, 0.15) is 0 Å². The smallest absolute Gasteiger partial charge is 0.338 e. The summed E-state index contributed by atoms with van der Waals surface area (Å²) >= 11 is 1.41. The highest BCUT2D eigenvalue weighted by atomic mass is 32.2. The minimum absolute atomic E-state index is 0.112. The van der Waals surface area contributed by atoms with Gasteiger partial charge in [0.05, 0.1) is 17.0 Å². The average Bonchev–Trinajstić information content (AvgIpc) is 2.61. The van der Waals surface area contributed by atoms with Crippen LogP contribution in [-0.2, 0) is 14.3 Å². The first-order chi connectivity index (χ1) is 12.0. The van der Waals surface area contributed by atoms with Gasteiger partial charge in [-0.1, -0.05) is 18.2 Å². The summed E-state index contributed by atoms with van der Waals surface area (Å²) in [6.07, 6.45) is -0.951. The van der Waals surface area contributed by atoms with E-state index in [0.29, 0.717) is 17.1 Å². The van der Waals surface area contributed by atoms with E-state index in [2.05, 4.69) is 10.6 Å². The van der Waals surface area contributed by atoms with E-state index in [1.54, 1.807) is 42.5 Å². The predicted molar refractivity (Wildman–Crippen MR) is 95.7 cm³/mol. The van der Waals surface area contributed by atoms with Crippen molar-refractivity contribution in [2.75, 3.05) is 16.4 Å². The van der Waals surface area contributed by atoms with Gasteiger partial charge in [-0.05, 0) is 37.3 Å². The summed E-state index contributed by atoms with van der Waals surface area (Å²) in [5.41, 5.74) is 1.49. The van der Waals surface area contributed by atoms with Crippen molar-refractivity contribution in [3.63, 3.8) is 0 Å². The summed E-state index contributed by atoms with van der Waals surface area (Å²) in [5.74, 6) is -0.795. The lowest BCUT2D eigenvalue weighted by atomic mass is 10.2. The Morgan fingerprint density at radius 3 is 2.72 bits per heavy atom. The number of carbonyl (C=O) groups is 3. The van der Waals surface area contributed by atoms with Crippen LogP contribution in [0.2, 0.25) is 0 Å². The quantitative estimate of drug-likeness (QED) is 0.823. The molecule has 1 heterocycles. The van der Waals surface area contributed by atoms with Gasteiger partial charge in [0.15, 0.2) is 6.10 Å². The number of hydrogen-bond donors (Lipinski definition) is 2. The Hall–Kier alpha value is -2.80. The molecule has 0 spiro atoms. The number of esters is 1. The lowest BCUT2D eigenvalue weighted by molar-refractivity contribution is -0.123. The van der Waals surface area contributed by atoms with Crippen molar-refractivity contribution in [1.29, 1.82) is 0 Å². The second-order valence-electron chi connectivity index (χ2n) is 5.45. The highest BCUT2D eigenvalue weighted by molar-refractivity contribution is 8.00. The number of hydrogen-bond acceptors (Lipinski definition) is 5. The van der Waals surface area contributed by atoms with Crippen LogP contribution in [-0.4, -0.2) is 29.6 Å². The molecule has 0 aliphatic carbocycles. The van der Waals surface area contributed by atoms with Crippen molar-refractivity contribution in [1.82, 2.24) is 0 Å². The van der Waals surface area contributed by atoms with Crippen LogP contribution in [0.3, 0.4) is 0 Å². The van der Waals surface area contributed by atoms with E-state index in [4.69, 9.17) is 4.74 Å². The maximum Gasteiger partial charge on any atom is 0.338 e. The van der Waals surface area contributed by atoms with Crippen LogP contribution in [0, 0.1) is 0 Å². The van der Waals surface area contributed by atoms with Gasteiger partial charge in [0.25, 0.3) is 5.91 Å². The lowest BCUT2D eigenvalue weighted by Gasteiger charge is -2.17. The molecule has 2 amide bonds. The monoisotopic (exact) mass is 356 g/mol. The highest BCUT2D eigenvalue weighted by Gasteiger charge is 2.21. The van der Waals surface area contributed by atoms with E-state index in [-0.39, 0.29) is 11.5 Å². The number of carbonyl (C=O) groups excluding carboxylic acids is 3. The molecule has 1 aliphatic heterocycles. The molecule has 0 aromatic heterocycles. The predicted octanol–water partition coefficient (Wildman–Crippen LogP) is 2.91. The third-order valence-corrected chi connectivity index (χ3v) is 4.62. The maximum absolute atomic E-state index is 12.3. The fourth-order valence-electron chi connectivity index (χ4n) is 2.26. The first kappa shape index (κ1) is 17.0. The van der Waals surface area contributed by atoms with Gasteiger partial charge < -0.3 is 15.4 Å². The molecule has 1 unspecified atom stereocenters. The fraction of sp³-hybridized carbons (Fsp3) is 0.167. The van der Waals surface area contributed by atoms with Crippen LogP contribution < -0.4 is 10.6 Å². The Morgan fingerprint density at radius 2 is 1.96 bits per heavy atom. The first-order valence-electron chi connectivity index (χ1n) is 7.66. The van der Waals surface area contributed by atoms with E-state index in [1.807, 2.05) is 6.07 Å². The molecule has 1 aliphatic rings. The van der Waals surface area contributed by atoms with E-state index in [9.17, 15) is 14.4 Å². The van der Waals surface area contributed by atoms with Gasteiger partial charge in [0.2, 0.25) is 5.91 Å². The van der Waals surface area contributed by atoms with Crippen LogP contribution in [0.4, 0.5) is 11.4 Å². The van der Waals surface area contributed by atoms with E-state index in [0.717, 1.165) is 4.90 Å². The number of anilines is 2. The molecule has 25 heavy (non-hydrogen) atoms. The van der Waals surface area contributed by atoms with Crippen molar-refractivity contribution in [2.24, 2.45) is 0 Å². The minimum atomic E-state index is -0.951. The van der Waals surface area contributed by atoms with Crippen LogP contribution >= 0.6 is 11.8 Å². The second-order valence-corrected chi connectivity index (χ2v) is 6.47. The Kier molecular flexibility index (Phi) is 5.04. The number of ether oxygens (including phenoxy) is 1. The molecular weight excluding hydrogens is 340 g/mol. The van der Waals surface area contributed by atoms with Crippen molar-refractivity contribution < 1.29 is 19.1 Å². The van der Waals surface area contributed by atoms with Crippen molar-refractivity contribution in [3.05, 3.63) is 54.1 Å². The van der Waals surface area contributed by atoms with Crippen LogP contribution in [0.1, 0.15) is 17.3 Å². The van der Waals surface area contributed by atoms with Crippen LogP contribution in [0.5, 0.6) is 0 Å². The number of para-hydroxylation sites is 1. The van der Waals surface area contributed by atoms with Crippen LogP contribution in [0.15, 0.2) is 53.4 Å². The van der Waals surface area contributed by atoms with Gasteiger partial charge in [-0.3, -0.25) is 9.59 Å². The van der Waals surface area contributed by atoms with Gasteiger partial charge in [-0.25, -0.2) is 4.79 Å². The largest absolute Gasteiger partial charge is 0.449 e. The number of fused-ring (bicyclic) bond motifs is 1. The van der Waals surface area contributed by atoms with Crippen molar-refractivity contribution in [3.8, 4) is 0 Å². The summed E-state index contributed by atoms with van der Waals surface area (Å²) in [5, 5.41) is 5.39. The standard InChI is InChI=1S/C18H16N2O4S/c1-11(17(22)19-13-5-3-2-4-6-13)24-18(23)12-7-8-15-14(9-12)20-16(21)10-25-15/h2-9,11H,10H2,1H3,(H,19,22)(H,20,21). The Morgan fingerprint density at radius 1 is 1.20 bits per heavy atom. The molecule has 0 bridgehead atoms. The SMILES string of the molecule is CC(OC(=O)c1ccc2c(c1)NC(=O)CS2)C(=O)Nc1ccccc1. The topological polar surface area (TPSA) is 84.5 Å². The lowest BCUT2D eigenvalue weighted by Crippen LogP contribution is -2.30. The molecule has 2 aromatic carbocycles. The van der Waals surface area contributed by atoms with Crippen molar-refractivity contribution in [2.45, 2.75) is 17.9 Å². The Balaban J connectivity index is 1.64. The summed E-state index contributed by atoms with van der Waals surface area (Å²) < 4.78 is 5.22. The van der Waals surface area contributed by atoms with E-state index < -0.39 is 18.0 Å². The van der Waals surface area contributed by atoms with Gasteiger partial charge in [0, 0.05) is 10.6 Å². The van der Waals surface area contributed by atoms with Gasteiger partial charge in [-0.2, -0.15) is 0 Å².